The van der Waals surface area contributed by atoms with E-state index >= 15 is 0 Å². The van der Waals surface area contributed by atoms with Crippen molar-refractivity contribution >= 4 is 5.57 Å². The number of hydrogen-bond donors (Lipinski definition) is 1. The highest BCUT2D eigenvalue weighted by atomic mass is 19.4. The van der Waals surface area contributed by atoms with Gasteiger partial charge in [-0.1, -0.05) is 12.1 Å². The first kappa shape index (κ1) is 17.3. The molecule has 0 saturated heterocycles. The predicted octanol–water partition coefficient (Wildman–Crippen LogP) is 2.56. The van der Waals surface area contributed by atoms with Gasteiger partial charge < -0.3 is 14.8 Å². The predicted molar refractivity (Wildman–Crippen MR) is 74.7 cm³/mol. The summed E-state index contributed by atoms with van der Waals surface area (Å²) >= 11 is 0. The molecule has 1 aliphatic rings. The summed E-state index contributed by atoms with van der Waals surface area (Å²) in [7, 11) is 1.12. The first-order chi connectivity index (χ1) is 11.2. The highest BCUT2D eigenvalue weighted by molar-refractivity contribution is 5.76. The number of methoxy groups -OCH3 is 1. The van der Waals surface area contributed by atoms with E-state index in [9.17, 15) is 23.3 Å². The number of nitriles is 1. The summed E-state index contributed by atoms with van der Waals surface area (Å²) in [5.74, 6) is -0.471. The van der Waals surface area contributed by atoms with Gasteiger partial charge in [0.1, 0.15) is 11.8 Å². The Morgan fingerprint density at radius 1 is 1.42 bits per heavy atom. The van der Waals surface area contributed by atoms with Gasteiger partial charge in [-0.15, -0.1) is 13.2 Å². The molecule has 1 aromatic rings. The highest BCUT2D eigenvalue weighted by Crippen LogP contribution is 2.31. The van der Waals surface area contributed by atoms with Crippen molar-refractivity contribution in [3.63, 3.8) is 0 Å². The van der Waals surface area contributed by atoms with Gasteiger partial charge in [0.25, 0.3) is 0 Å². The number of ether oxygens (including phenoxy) is 2. The maximum Gasteiger partial charge on any atom is 0.573 e. The smallest absolute Gasteiger partial charge is 0.406 e. The van der Waals surface area contributed by atoms with Crippen LogP contribution in [0.25, 0.3) is 5.57 Å². The molecule has 1 unspecified atom stereocenters. The molecule has 7 nitrogen and oxygen atoms in total. The average Bonchev–Trinajstić information content (AvgIpc) is 2.52. The zero-order chi connectivity index (χ0) is 18.0. The van der Waals surface area contributed by atoms with Crippen LogP contribution in [0.4, 0.5) is 13.2 Å². The van der Waals surface area contributed by atoms with E-state index < -0.39 is 28.5 Å². The van der Waals surface area contributed by atoms with Crippen molar-refractivity contribution in [2.45, 2.75) is 12.1 Å². The number of nitrogens with zero attached hydrogens (tertiary/aromatic N) is 2. The van der Waals surface area contributed by atoms with Crippen molar-refractivity contribution in [2.75, 3.05) is 7.11 Å². The van der Waals surface area contributed by atoms with Crippen molar-refractivity contribution in [3.05, 3.63) is 57.9 Å². The molecule has 2 rings (SSSR count). The van der Waals surface area contributed by atoms with E-state index in [1.165, 1.54) is 18.3 Å². The summed E-state index contributed by atoms with van der Waals surface area (Å²) in [6.07, 6.45) is -2.56. The van der Waals surface area contributed by atoms with Gasteiger partial charge in [-0.05, 0) is 17.7 Å². The molecule has 126 valence electrons. The van der Waals surface area contributed by atoms with Crippen LogP contribution in [0.1, 0.15) is 5.56 Å². The van der Waals surface area contributed by atoms with Crippen molar-refractivity contribution in [1.82, 2.24) is 5.32 Å². The molecular weight excluding hydrogens is 331 g/mol. The number of halogens is 3. The van der Waals surface area contributed by atoms with Gasteiger partial charge in [-0.2, -0.15) is 5.26 Å². The van der Waals surface area contributed by atoms with Gasteiger partial charge >= 0.3 is 17.8 Å². The van der Waals surface area contributed by atoms with E-state index in [1.54, 1.807) is 6.07 Å². The lowest BCUT2D eigenvalue weighted by Gasteiger charge is -2.26. The fourth-order valence-corrected chi connectivity index (χ4v) is 2.06. The second kappa shape index (κ2) is 6.21. The number of hydrogen-bond acceptors (Lipinski definition) is 6. The SMILES string of the molecule is COC1(C#N)NC=C(c2cccc(OC(F)(F)F)c2)C=C1[N+](=O)[O-]. The van der Waals surface area contributed by atoms with E-state index in [-0.39, 0.29) is 11.1 Å². The Balaban J connectivity index is 2.41. The van der Waals surface area contributed by atoms with Crippen LogP contribution in [0.2, 0.25) is 0 Å². The Hall–Kier alpha value is -3.06. The third-order valence-electron chi connectivity index (χ3n) is 3.15. The number of allylic oxidation sites excluding steroid dienone is 2. The third kappa shape index (κ3) is 3.47. The molecule has 0 aliphatic carbocycles. The van der Waals surface area contributed by atoms with Gasteiger partial charge in [-0.25, -0.2) is 0 Å². The van der Waals surface area contributed by atoms with Crippen LogP contribution >= 0.6 is 0 Å². The lowest BCUT2D eigenvalue weighted by atomic mass is 9.99. The number of dihydropyridines is 1. The maximum absolute atomic E-state index is 12.3. The van der Waals surface area contributed by atoms with Gasteiger partial charge in [0.05, 0.1) is 4.92 Å². The van der Waals surface area contributed by atoms with Crippen molar-refractivity contribution < 1.29 is 27.6 Å². The van der Waals surface area contributed by atoms with Gasteiger partial charge in [0.2, 0.25) is 0 Å². The average molecular weight is 341 g/mol. The second-order valence-corrected chi connectivity index (χ2v) is 4.60. The lowest BCUT2D eigenvalue weighted by Crippen LogP contribution is -2.48. The van der Waals surface area contributed by atoms with Crippen LogP contribution < -0.4 is 10.1 Å². The van der Waals surface area contributed by atoms with E-state index in [2.05, 4.69) is 10.1 Å². The molecule has 0 amide bonds. The van der Waals surface area contributed by atoms with E-state index in [4.69, 9.17) is 10.00 Å². The molecule has 10 heteroatoms. The highest BCUT2D eigenvalue weighted by Gasteiger charge is 2.45. The number of nitrogens with one attached hydrogen (secondary N) is 1. The molecular formula is C14H10F3N3O4. The molecule has 1 aliphatic heterocycles. The minimum Gasteiger partial charge on any atom is -0.406 e. The minimum absolute atomic E-state index is 0.192. The fraction of sp³-hybridized carbons (Fsp3) is 0.214. The van der Waals surface area contributed by atoms with Crippen LogP contribution in [0.15, 0.2) is 42.2 Å². The van der Waals surface area contributed by atoms with Crippen molar-refractivity contribution in [3.8, 4) is 11.8 Å². The molecule has 0 bridgehead atoms. The molecule has 0 aromatic heterocycles. The Morgan fingerprint density at radius 2 is 2.12 bits per heavy atom. The second-order valence-electron chi connectivity index (χ2n) is 4.60. The van der Waals surface area contributed by atoms with E-state index in [0.29, 0.717) is 0 Å². The van der Waals surface area contributed by atoms with Crippen LogP contribution in [0, 0.1) is 21.4 Å². The number of rotatable bonds is 4. The van der Waals surface area contributed by atoms with Crippen LogP contribution in [0.5, 0.6) is 5.75 Å². The third-order valence-corrected chi connectivity index (χ3v) is 3.15. The number of alkyl halides is 3. The summed E-state index contributed by atoms with van der Waals surface area (Å²) in [6, 6.07) is 6.57. The molecule has 1 aromatic carbocycles. The number of benzene rings is 1. The zero-order valence-corrected chi connectivity index (χ0v) is 12.1. The summed E-state index contributed by atoms with van der Waals surface area (Å²) in [6.45, 7) is 0. The summed E-state index contributed by atoms with van der Waals surface area (Å²) < 4.78 is 45.5. The Bertz CT molecular complexity index is 767. The minimum atomic E-state index is -4.86. The Morgan fingerprint density at radius 3 is 2.67 bits per heavy atom. The topological polar surface area (TPSA) is 97.4 Å². The summed E-state index contributed by atoms with van der Waals surface area (Å²) in [5, 5.41) is 22.8. The zero-order valence-electron chi connectivity index (χ0n) is 12.1. The van der Waals surface area contributed by atoms with Crippen LogP contribution in [-0.2, 0) is 4.74 Å². The maximum atomic E-state index is 12.3. The van der Waals surface area contributed by atoms with Gasteiger partial charge in [0, 0.05) is 25.0 Å². The molecule has 0 radical (unpaired) electrons. The van der Waals surface area contributed by atoms with E-state index in [0.717, 1.165) is 25.3 Å². The molecule has 1 atom stereocenters. The molecule has 0 fully saturated rings. The molecule has 0 spiro atoms. The molecule has 1 N–H and O–H groups in total. The summed E-state index contributed by atoms with van der Waals surface area (Å²) in [4.78, 5) is 10.4. The van der Waals surface area contributed by atoms with Gasteiger partial charge in [-0.3, -0.25) is 10.1 Å². The fourth-order valence-electron chi connectivity index (χ4n) is 2.06. The van der Waals surface area contributed by atoms with Crippen molar-refractivity contribution in [1.29, 1.82) is 5.26 Å². The standard InChI is InChI=1S/C14H10F3N3O4/c1-23-13(8-18)12(20(21)22)6-10(7-19-13)9-3-2-4-11(5-9)24-14(15,16)17/h2-7,19H,1H3. The molecule has 24 heavy (non-hydrogen) atoms. The van der Waals surface area contributed by atoms with Crippen molar-refractivity contribution in [2.24, 2.45) is 0 Å². The summed E-state index contributed by atoms with van der Waals surface area (Å²) in [5.41, 5.74) is -2.15. The van der Waals surface area contributed by atoms with Gasteiger partial charge in [0.15, 0.2) is 0 Å². The lowest BCUT2D eigenvalue weighted by molar-refractivity contribution is -0.443. The first-order valence-electron chi connectivity index (χ1n) is 6.38. The normalized spacial score (nSPS) is 20.3. The quantitative estimate of drug-likeness (QED) is 0.668. The molecule has 1 heterocycles. The monoisotopic (exact) mass is 341 g/mol. The first-order valence-corrected chi connectivity index (χ1v) is 6.38. The molecule has 0 saturated carbocycles. The van der Waals surface area contributed by atoms with E-state index in [1.807, 2.05) is 0 Å². The van der Waals surface area contributed by atoms with Crippen LogP contribution in [-0.4, -0.2) is 24.1 Å². The Labute approximate surface area is 133 Å². The van der Waals surface area contributed by atoms with Crippen LogP contribution in [0.3, 0.4) is 0 Å². The Kier molecular flexibility index (Phi) is 4.48. The number of nitro groups is 1. The largest absolute Gasteiger partial charge is 0.573 e.